The van der Waals surface area contributed by atoms with E-state index in [-0.39, 0.29) is 11.5 Å². The Hall–Kier alpha value is -3.25. The minimum absolute atomic E-state index is 0.138. The lowest BCUT2D eigenvalue weighted by atomic mass is 9.87. The molecule has 0 saturated carbocycles. The molecule has 1 amide bonds. The van der Waals surface area contributed by atoms with Crippen LogP contribution in [0.5, 0.6) is 0 Å². The normalized spacial score (nSPS) is 17.6. The summed E-state index contributed by atoms with van der Waals surface area (Å²) < 4.78 is 28.6. The van der Waals surface area contributed by atoms with Crippen LogP contribution in [0, 0.1) is 25.5 Å². The first-order valence-electron chi connectivity index (χ1n) is 11.0. The highest BCUT2D eigenvalue weighted by Gasteiger charge is 2.29. The van der Waals surface area contributed by atoms with Crippen LogP contribution < -0.4 is 10.6 Å². The summed E-state index contributed by atoms with van der Waals surface area (Å²) in [6, 6.07) is 9.34. The number of piperidine rings is 1. The van der Waals surface area contributed by atoms with E-state index in [1.165, 1.54) is 17.7 Å². The molecule has 2 aliphatic rings. The molecule has 0 spiro atoms. The van der Waals surface area contributed by atoms with Crippen LogP contribution in [0.3, 0.4) is 0 Å². The zero-order valence-electron chi connectivity index (χ0n) is 18.1. The van der Waals surface area contributed by atoms with Crippen LogP contribution in [0.25, 0.3) is 22.8 Å². The minimum Gasteiger partial charge on any atom is -0.359 e. The summed E-state index contributed by atoms with van der Waals surface area (Å²) in [6.07, 6.45) is 4.01. The Balaban J connectivity index is 1.64. The summed E-state index contributed by atoms with van der Waals surface area (Å²) in [5.41, 5.74) is 6.72. The number of aryl methyl sites for hydroxylation is 1. The minimum atomic E-state index is -0.917. The third-order valence-electron chi connectivity index (χ3n) is 6.64. The number of aromatic amines is 1. The lowest BCUT2D eigenvalue weighted by Crippen LogP contribution is -2.27. The van der Waals surface area contributed by atoms with Gasteiger partial charge < -0.3 is 15.6 Å². The van der Waals surface area contributed by atoms with Gasteiger partial charge in [-0.15, -0.1) is 0 Å². The summed E-state index contributed by atoms with van der Waals surface area (Å²) in [6.45, 7) is 6.16. The number of anilines is 1. The van der Waals surface area contributed by atoms with Crippen LogP contribution in [0.15, 0.2) is 36.4 Å². The average molecular weight is 434 g/mol. The fourth-order valence-corrected chi connectivity index (χ4v) is 5.12. The van der Waals surface area contributed by atoms with Gasteiger partial charge in [-0.25, -0.2) is 8.78 Å². The average Bonchev–Trinajstić information content (AvgIpc) is 3.26. The summed E-state index contributed by atoms with van der Waals surface area (Å²) in [5, 5.41) is 6.27. The van der Waals surface area contributed by atoms with Crippen LogP contribution in [-0.2, 0) is 4.79 Å². The Kier molecular flexibility index (Phi) is 5.18. The molecule has 3 aromatic rings. The molecule has 4 nitrogen and oxygen atoms in total. The van der Waals surface area contributed by atoms with Crippen molar-refractivity contribution in [2.24, 2.45) is 0 Å². The van der Waals surface area contributed by atoms with Gasteiger partial charge in [-0.1, -0.05) is 24.3 Å². The van der Waals surface area contributed by atoms with Gasteiger partial charge in [0.2, 0.25) is 0 Å². The first-order valence-corrected chi connectivity index (χ1v) is 11.0. The molecule has 5 rings (SSSR count). The monoisotopic (exact) mass is 433 g/mol. The molecule has 0 radical (unpaired) electrons. The lowest BCUT2D eigenvalue weighted by Gasteiger charge is -2.23. The molecule has 2 aliphatic heterocycles. The molecule has 6 heteroatoms. The van der Waals surface area contributed by atoms with Crippen LogP contribution in [0.1, 0.15) is 46.8 Å². The second-order valence-corrected chi connectivity index (χ2v) is 8.57. The number of rotatable bonds is 3. The molecule has 0 bridgehead atoms. The number of amides is 1. The van der Waals surface area contributed by atoms with E-state index in [4.69, 9.17) is 0 Å². The van der Waals surface area contributed by atoms with Crippen molar-refractivity contribution in [1.29, 1.82) is 0 Å². The maximum atomic E-state index is 14.6. The van der Waals surface area contributed by atoms with E-state index in [1.54, 1.807) is 18.2 Å². The third-order valence-corrected chi connectivity index (χ3v) is 6.64. The van der Waals surface area contributed by atoms with Crippen LogP contribution in [0.2, 0.25) is 0 Å². The Morgan fingerprint density at radius 3 is 2.50 bits per heavy atom. The predicted molar refractivity (Wildman–Crippen MR) is 123 cm³/mol. The van der Waals surface area contributed by atoms with E-state index in [0.29, 0.717) is 28.3 Å². The summed E-state index contributed by atoms with van der Waals surface area (Å²) >= 11 is 0. The van der Waals surface area contributed by atoms with Crippen molar-refractivity contribution in [1.82, 2.24) is 10.3 Å². The Morgan fingerprint density at radius 2 is 1.72 bits per heavy atom. The highest BCUT2D eigenvalue weighted by Crippen LogP contribution is 2.42. The zero-order valence-corrected chi connectivity index (χ0v) is 18.1. The molecule has 1 aromatic heterocycles. The SMILES string of the molecule is Cc1[nH]c(C=C2C(=O)Nc3cccc(-c4cccc(F)c4F)c32)c(C)c1C1CCNCC1. The number of fused-ring (bicyclic) bond motifs is 1. The molecule has 2 aromatic carbocycles. The number of carbonyl (C=O) groups is 1. The van der Waals surface area contributed by atoms with E-state index >= 15 is 0 Å². The van der Waals surface area contributed by atoms with Crippen LogP contribution >= 0.6 is 0 Å². The number of benzene rings is 2. The first kappa shape index (κ1) is 20.6. The second kappa shape index (κ2) is 8.02. The van der Waals surface area contributed by atoms with Gasteiger partial charge in [0.05, 0.1) is 5.57 Å². The summed E-state index contributed by atoms with van der Waals surface area (Å²) in [4.78, 5) is 16.4. The highest BCUT2D eigenvalue weighted by molar-refractivity contribution is 6.36. The molecule has 0 aliphatic carbocycles. The second-order valence-electron chi connectivity index (χ2n) is 8.57. The number of hydrogen-bond donors (Lipinski definition) is 3. The van der Waals surface area contributed by atoms with E-state index in [9.17, 15) is 13.6 Å². The van der Waals surface area contributed by atoms with Crippen molar-refractivity contribution in [2.75, 3.05) is 18.4 Å². The fourth-order valence-electron chi connectivity index (χ4n) is 5.12. The molecule has 3 heterocycles. The number of H-pyrrole nitrogens is 1. The molecule has 0 unspecified atom stereocenters. The van der Waals surface area contributed by atoms with E-state index in [0.717, 1.165) is 48.9 Å². The van der Waals surface area contributed by atoms with E-state index < -0.39 is 11.6 Å². The van der Waals surface area contributed by atoms with Crippen molar-refractivity contribution in [3.63, 3.8) is 0 Å². The smallest absolute Gasteiger partial charge is 0.256 e. The largest absolute Gasteiger partial charge is 0.359 e. The van der Waals surface area contributed by atoms with Gasteiger partial charge in [-0.2, -0.15) is 0 Å². The van der Waals surface area contributed by atoms with Crippen molar-refractivity contribution in [3.8, 4) is 11.1 Å². The Labute approximate surface area is 185 Å². The topological polar surface area (TPSA) is 56.9 Å². The number of hydrogen-bond acceptors (Lipinski definition) is 2. The maximum absolute atomic E-state index is 14.6. The summed E-state index contributed by atoms with van der Waals surface area (Å²) in [7, 11) is 0. The molecule has 0 atom stereocenters. The van der Waals surface area contributed by atoms with Crippen LogP contribution in [0.4, 0.5) is 14.5 Å². The van der Waals surface area contributed by atoms with Crippen molar-refractivity contribution >= 4 is 23.2 Å². The third kappa shape index (κ3) is 3.35. The van der Waals surface area contributed by atoms with Gasteiger partial charge in [0.25, 0.3) is 5.91 Å². The lowest BCUT2D eigenvalue weighted by molar-refractivity contribution is -0.110. The molecule has 1 fully saturated rings. The molecular weight excluding hydrogens is 408 g/mol. The Bertz CT molecular complexity index is 1250. The van der Waals surface area contributed by atoms with E-state index in [1.807, 2.05) is 6.08 Å². The summed E-state index contributed by atoms with van der Waals surface area (Å²) in [5.74, 6) is -1.59. The fraction of sp³-hybridized carbons (Fsp3) is 0.269. The van der Waals surface area contributed by atoms with Crippen molar-refractivity contribution < 1.29 is 13.6 Å². The number of carbonyl (C=O) groups excluding carboxylic acids is 1. The van der Waals surface area contributed by atoms with Gasteiger partial charge in [-0.3, -0.25) is 4.79 Å². The number of aromatic nitrogens is 1. The molecule has 32 heavy (non-hydrogen) atoms. The molecular formula is C26H25F2N3O. The predicted octanol–water partition coefficient (Wildman–Crippen LogP) is 5.54. The quantitative estimate of drug-likeness (QED) is 0.475. The van der Waals surface area contributed by atoms with Gasteiger partial charge in [0, 0.05) is 28.2 Å². The van der Waals surface area contributed by atoms with Gasteiger partial charge in [0.15, 0.2) is 11.6 Å². The highest BCUT2D eigenvalue weighted by atomic mass is 19.2. The van der Waals surface area contributed by atoms with E-state index in [2.05, 4.69) is 29.5 Å². The van der Waals surface area contributed by atoms with Gasteiger partial charge in [0.1, 0.15) is 0 Å². The van der Waals surface area contributed by atoms with Gasteiger partial charge >= 0.3 is 0 Å². The standard InChI is InChI=1S/C26H25F2N3O/c1-14-22(30-15(2)23(14)16-9-11-29-12-10-16)13-19-24-17(5-4-8-21(24)31-26(19)32)18-6-3-7-20(27)25(18)28/h3-8,13,16,29-30H,9-12H2,1-2H3,(H,31,32). The van der Waals surface area contributed by atoms with Crippen LogP contribution in [-0.4, -0.2) is 24.0 Å². The number of halogens is 2. The molecule has 164 valence electrons. The van der Waals surface area contributed by atoms with Crippen molar-refractivity contribution in [2.45, 2.75) is 32.6 Å². The first-order chi connectivity index (χ1) is 15.5. The Morgan fingerprint density at radius 1 is 1.00 bits per heavy atom. The number of nitrogens with one attached hydrogen (secondary N) is 3. The molecule has 1 saturated heterocycles. The van der Waals surface area contributed by atoms with Crippen molar-refractivity contribution in [3.05, 3.63) is 76.1 Å². The van der Waals surface area contributed by atoms with Gasteiger partial charge in [-0.05, 0) is 80.6 Å². The zero-order chi connectivity index (χ0) is 22.4. The molecule has 3 N–H and O–H groups in total. The maximum Gasteiger partial charge on any atom is 0.256 e.